The number of benzene rings is 1. The van der Waals surface area contributed by atoms with Gasteiger partial charge in [0.05, 0.1) is 23.2 Å². The van der Waals surface area contributed by atoms with E-state index in [1.54, 1.807) is 13.8 Å². The average Bonchev–Trinajstić information content (AvgIpc) is 3.59. The van der Waals surface area contributed by atoms with Crippen LogP contribution in [0.25, 0.3) is 33.3 Å². The lowest BCUT2D eigenvalue weighted by Gasteiger charge is -2.16. The number of hydrogen-bond acceptors (Lipinski definition) is 9. The lowest BCUT2D eigenvalue weighted by Crippen LogP contribution is -2.24. The summed E-state index contributed by atoms with van der Waals surface area (Å²) in [5, 5.41) is 13.9. The van der Waals surface area contributed by atoms with Crippen molar-refractivity contribution in [3.8, 4) is 17.0 Å². The number of allylic oxidation sites excluding steroid dienone is 1. The molecule has 11 heteroatoms. The molecule has 5 N–H and O–H groups in total. The number of rotatable bonds is 8. The molecular weight excluding hydrogens is 494 g/mol. The lowest BCUT2D eigenvalue weighted by molar-refractivity contribution is 0.0905. The van der Waals surface area contributed by atoms with Gasteiger partial charge in [-0.1, -0.05) is 17.7 Å². The van der Waals surface area contributed by atoms with Gasteiger partial charge >= 0.3 is 0 Å². The van der Waals surface area contributed by atoms with E-state index in [1.807, 2.05) is 31.3 Å². The van der Waals surface area contributed by atoms with Crippen molar-refractivity contribution in [3.63, 3.8) is 0 Å². The Bertz CT molecular complexity index is 1490. The maximum Gasteiger partial charge on any atom is 0.232 e. The highest BCUT2D eigenvalue weighted by atomic mass is 35.5. The van der Waals surface area contributed by atoms with Gasteiger partial charge in [0.25, 0.3) is 0 Å². The molecule has 1 saturated carbocycles. The van der Waals surface area contributed by atoms with Crippen molar-refractivity contribution >= 4 is 44.9 Å². The first-order valence-corrected chi connectivity index (χ1v) is 12.6. The minimum absolute atomic E-state index is 0.0783. The smallest absolute Gasteiger partial charge is 0.232 e. The van der Waals surface area contributed by atoms with E-state index < -0.39 is 5.60 Å². The third-order valence-electron chi connectivity index (χ3n) is 6.13. The van der Waals surface area contributed by atoms with E-state index in [0.717, 1.165) is 47.7 Å². The molecule has 1 aromatic carbocycles. The molecule has 0 amide bonds. The lowest BCUT2D eigenvalue weighted by atomic mass is 10.1. The summed E-state index contributed by atoms with van der Waals surface area (Å²) in [7, 11) is 0. The predicted molar refractivity (Wildman–Crippen MR) is 145 cm³/mol. The van der Waals surface area contributed by atoms with Crippen molar-refractivity contribution in [2.24, 2.45) is 10.7 Å². The number of halogens is 1. The summed E-state index contributed by atoms with van der Waals surface area (Å²) >= 11 is 6.35. The van der Waals surface area contributed by atoms with Crippen molar-refractivity contribution in [1.82, 2.24) is 19.9 Å². The molecule has 194 valence electrons. The van der Waals surface area contributed by atoms with Crippen LogP contribution in [0.5, 0.6) is 5.88 Å². The molecule has 0 aliphatic heterocycles. The summed E-state index contributed by atoms with van der Waals surface area (Å²) in [6.07, 6.45) is 7.44. The van der Waals surface area contributed by atoms with E-state index in [9.17, 15) is 5.11 Å². The topological polar surface area (TPSA) is 147 Å². The third kappa shape index (κ3) is 5.55. The van der Waals surface area contributed by atoms with E-state index in [0.29, 0.717) is 28.7 Å². The molecule has 0 atom stereocenters. The van der Waals surface area contributed by atoms with Gasteiger partial charge in [-0.05, 0) is 57.2 Å². The quantitative estimate of drug-likeness (QED) is 0.235. The van der Waals surface area contributed by atoms with Gasteiger partial charge in [0.2, 0.25) is 11.8 Å². The van der Waals surface area contributed by atoms with Crippen LogP contribution >= 0.6 is 11.6 Å². The molecule has 10 nitrogen and oxygen atoms in total. The molecule has 3 heterocycles. The SMILES string of the molecule is Cc1nc2ccc(-c3c[nH]c4nc(NC(=CN)C(Cl)=NCC(C)(C)O)nc(OC5CCCC5)c34)cc2o1. The van der Waals surface area contributed by atoms with Crippen molar-refractivity contribution in [1.29, 1.82) is 0 Å². The predicted octanol–water partition coefficient (Wildman–Crippen LogP) is 5.02. The van der Waals surface area contributed by atoms with E-state index in [-0.39, 0.29) is 23.8 Å². The van der Waals surface area contributed by atoms with Gasteiger partial charge < -0.3 is 30.3 Å². The highest BCUT2D eigenvalue weighted by Gasteiger charge is 2.23. The van der Waals surface area contributed by atoms with Crippen LogP contribution in [0.4, 0.5) is 5.95 Å². The average molecular weight is 524 g/mol. The summed E-state index contributed by atoms with van der Waals surface area (Å²) in [4.78, 5) is 21.2. The van der Waals surface area contributed by atoms with Gasteiger partial charge in [0.1, 0.15) is 22.4 Å². The number of nitrogens with zero attached hydrogens (tertiary/aromatic N) is 4. The molecule has 3 aromatic heterocycles. The summed E-state index contributed by atoms with van der Waals surface area (Å²) in [5.74, 6) is 1.33. The number of aryl methyl sites for hydroxylation is 1. The fraction of sp³-hybridized carbons (Fsp3) is 0.385. The number of fused-ring (bicyclic) bond motifs is 2. The molecule has 5 rings (SSSR count). The Morgan fingerprint density at radius 1 is 1.32 bits per heavy atom. The first-order valence-electron chi connectivity index (χ1n) is 12.2. The van der Waals surface area contributed by atoms with Crippen molar-refractivity contribution in [2.45, 2.75) is 58.2 Å². The number of hydrogen-bond donors (Lipinski definition) is 4. The van der Waals surface area contributed by atoms with Gasteiger partial charge in [0.15, 0.2) is 11.5 Å². The summed E-state index contributed by atoms with van der Waals surface area (Å²) in [6.45, 7) is 5.23. The Hall–Kier alpha value is -3.63. The number of aliphatic hydroxyl groups is 1. The van der Waals surface area contributed by atoms with Gasteiger partial charge in [-0.3, -0.25) is 4.99 Å². The molecule has 1 fully saturated rings. The van der Waals surface area contributed by atoms with E-state index in [1.165, 1.54) is 6.20 Å². The summed E-state index contributed by atoms with van der Waals surface area (Å²) < 4.78 is 12.2. The van der Waals surface area contributed by atoms with Gasteiger partial charge in [0, 0.05) is 24.9 Å². The van der Waals surface area contributed by atoms with Gasteiger partial charge in [-0.25, -0.2) is 4.98 Å². The van der Waals surface area contributed by atoms with E-state index >= 15 is 0 Å². The molecule has 0 unspecified atom stereocenters. The van der Waals surface area contributed by atoms with Gasteiger partial charge in [-0.2, -0.15) is 9.97 Å². The monoisotopic (exact) mass is 523 g/mol. The molecule has 0 spiro atoms. The molecular formula is C26H30ClN7O3. The van der Waals surface area contributed by atoms with Crippen molar-refractivity contribution in [2.75, 3.05) is 11.9 Å². The van der Waals surface area contributed by atoms with Crippen LogP contribution in [-0.4, -0.2) is 48.5 Å². The molecule has 37 heavy (non-hydrogen) atoms. The second-order valence-corrected chi connectivity index (χ2v) is 10.2. The van der Waals surface area contributed by atoms with Crippen LogP contribution in [0.2, 0.25) is 0 Å². The number of aromatic amines is 1. The zero-order valence-corrected chi connectivity index (χ0v) is 21.8. The van der Waals surface area contributed by atoms with Crippen molar-refractivity contribution < 1.29 is 14.3 Å². The maximum atomic E-state index is 9.97. The number of nitrogens with two attached hydrogens (primary N) is 1. The van der Waals surface area contributed by atoms with Crippen LogP contribution in [0.15, 0.2) is 45.7 Å². The van der Waals surface area contributed by atoms with Crippen LogP contribution in [0.1, 0.15) is 45.4 Å². The highest BCUT2D eigenvalue weighted by Crippen LogP contribution is 2.37. The molecule has 1 aliphatic rings. The molecule has 0 saturated heterocycles. The number of nitrogens with one attached hydrogen (secondary N) is 2. The largest absolute Gasteiger partial charge is 0.474 e. The normalized spacial score (nSPS) is 15.7. The number of oxazole rings is 1. The van der Waals surface area contributed by atoms with Crippen LogP contribution in [-0.2, 0) is 0 Å². The Labute approximate surface area is 219 Å². The fourth-order valence-electron chi connectivity index (χ4n) is 4.37. The Balaban J connectivity index is 1.54. The molecule has 4 aromatic rings. The maximum absolute atomic E-state index is 9.97. The van der Waals surface area contributed by atoms with Crippen molar-refractivity contribution in [3.05, 3.63) is 42.2 Å². The zero-order chi connectivity index (χ0) is 26.2. The second-order valence-electron chi connectivity index (χ2n) is 9.84. The number of ether oxygens (including phenoxy) is 1. The van der Waals surface area contributed by atoms with E-state index in [2.05, 4.69) is 25.3 Å². The van der Waals surface area contributed by atoms with E-state index in [4.69, 9.17) is 31.5 Å². The minimum atomic E-state index is -1.01. The fourth-order valence-corrected chi connectivity index (χ4v) is 4.54. The minimum Gasteiger partial charge on any atom is -0.474 e. The molecule has 0 radical (unpaired) electrons. The number of aliphatic imine (C=N–C) groups is 1. The molecule has 1 aliphatic carbocycles. The zero-order valence-electron chi connectivity index (χ0n) is 21.0. The number of aromatic nitrogens is 4. The van der Waals surface area contributed by atoms with Gasteiger partial charge in [-0.15, -0.1) is 0 Å². The summed E-state index contributed by atoms with van der Waals surface area (Å²) in [5.41, 5.74) is 9.04. The highest BCUT2D eigenvalue weighted by molar-refractivity contribution is 6.69. The Morgan fingerprint density at radius 3 is 2.84 bits per heavy atom. The third-order valence-corrected chi connectivity index (χ3v) is 6.45. The Morgan fingerprint density at radius 2 is 2.11 bits per heavy atom. The standard InChI is InChI=1S/C26H30ClN7O3/c1-14-31-18-9-8-15(10-20(18)36-14)17-12-29-23-21(17)24(37-16-6-4-5-7-16)34-25(33-23)32-19(11-28)22(27)30-13-26(2,3)35/h8-12,16,35H,4-7,13,28H2,1-3H3,(H2,29,32,33,34). The van der Waals surface area contributed by atoms with Crippen LogP contribution in [0.3, 0.4) is 0 Å². The summed E-state index contributed by atoms with van der Waals surface area (Å²) in [6, 6.07) is 5.88. The Kier molecular flexibility index (Phi) is 6.78. The second kappa shape index (κ2) is 10.0. The number of H-pyrrole nitrogens is 1. The van der Waals surface area contributed by atoms with Crippen LogP contribution in [0, 0.1) is 6.92 Å². The first-order chi connectivity index (χ1) is 17.7. The number of anilines is 1. The molecule has 0 bridgehead atoms. The van der Waals surface area contributed by atoms with Crippen LogP contribution < -0.4 is 15.8 Å². The first kappa shape index (κ1) is 25.0.